The molecule has 2 atom stereocenters. The number of hydrogen-bond donors (Lipinski definition) is 3. The van der Waals surface area contributed by atoms with Crippen LogP contribution in [0.2, 0.25) is 0 Å². The Bertz CT molecular complexity index is 487. The van der Waals surface area contributed by atoms with E-state index < -0.39 is 5.97 Å². The molecular formula is C14H19N3O3. The summed E-state index contributed by atoms with van der Waals surface area (Å²) >= 11 is 0. The Morgan fingerprint density at radius 3 is 2.70 bits per heavy atom. The topological polar surface area (TPSA) is 105 Å². The van der Waals surface area contributed by atoms with Crippen LogP contribution in [0.5, 0.6) is 0 Å². The Morgan fingerprint density at radius 2 is 2.10 bits per heavy atom. The highest BCUT2D eigenvalue weighted by Crippen LogP contribution is 2.30. The van der Waals surface area contributed by atoms with Crippen molar-refractivity contribution in [2.24, 2.45) is 17.6 Å². The minimum absolute atomic E-state index is 0.0412. The fraction of sp³-hybridized carbons (Fsp3) is 0.500. The van der Waals surface area contributed by atoms with Crippen LogP contribution in [-0.4, -0.2) is 28.5 Å². The van der Waals surface area contributed by atoms with E-state index in [4.69, 9.17) is 10.8 Å². The Hall–Kier alpha value is -1.95. The monoisotopic (exact) mass is 277 g/mol. The van der Waals surface area contributed by atoms with Crippen molar-refractivity contribution in [3.05, 3.63) is 24.0 Å². The normalized spacial score (nSPS) is 22.2. The van der Waals surface area contributed by atoms with E-state index >= 15 is 0 Å². The summed E-state index contributed by atoms with van der Waals surface area (Å²) < 4.78 is 0. The number of rotatable bonds is 4. The molecule has 0 spiro atoms. The van der Waals surface area contributed by atoms with Gasteiger partial charge in [-0.05, 0) is 37.4 Å². The van der Waals surface area contributed by atoms with Gasteiger partial charge >= 0.3 is 5.97 Å². The van der Waals surface area contributed by atoms with Crippen LogP contribution in [0.25, 0.3) is 0 Å². The number of aromatic nitrogens is 1. The average Bonchev–Trinajstić information content (AvgIpc) is 2.47. The van der Waals surface area contributed by atoms with Crippen LogP contribution in [-0.2, 0) is 4.79 Å². The molecule has 1 aromatic rings. The Kier molecular flexibility index (Phi) is 4.68. The molecule has 4 N–H and O–H groups in total. The number of carbonyl (C=O) groups is 2. The lowest BCUT2D eigenvalue weighted by Crippen LogP contribution is -2.35. The molecule has 1 saturated carbocycles. The summed E-state index contributed by atoms with van der Waals surface area (Å²) in [7, 11) is 0. The van der Waals surface area contributed by atoms with Crippen molar-refractivity contribution >= 4 is 17.6 Å². The highest BCUT2D eigenvalue weighted by molar-refractivity contribution is 5.93. The zero-order chi connectivity index (χ0) is 14.5. The van der Waals surface area contributed by atoms with Gasteiger partial charge in [-0.1, -0.05) is 12.8 Å². The largest absolute Gasteiger partial charge is 0.477 e. The maximum atomic E-state index is 12.2. The first kappa shape index (κ1) is 14.5. The summed E-state index contributed by atoms with van der Waals surface area (Å²) in [6.07, 6.45) is 5.38. The first-order valence-electron chi connectivity index (χ1n) is 6.82. The van der Waals surface area contributed by atoms with E-state index in [9.17, 15) is 9.59 Å². The van der Waals surface area contributed by atoms with Crippen molar-refractivity contribution in [2.45, 2.75) is 25.7 Å². The average molecular weight is 277 g/mol. The van der Waals surface area contributed by atoms with Gasteiger partial charge in [0.05, 0.1) is 11.9 Å². The molecule has 0 saturated heterocycles. The maximum absolute atomic E-state index is 12.2. The highest BCUT2D eigenvalue weighted by Gasteiger charge is 2.29. The van der Waals surface area contributed by atoms with Gasteiger partial charge in [0.1, 0.15) is 5.69 Å². The van der Waals surface area contributed by atoms with E-state index in [0.29, 0.717) is 12.2 Å². The smallest absolute Gasteiger partial charge is 0.354 e. The number of anilines is 1. The molecule has 0 aliphatic heterocycles. The van der Waals surface area contributed by atoms with E-state index in [1.807, 2.05) is 0 Å². The molecule has 2 unspecified atom stereocenters. The van der Waals surface area contributed by atoms with Crippen LogP contribution in [0.1, 0.15) is 36.2 Å². The molecule has 1 aliphatic rings. The summed E-state index contributed by atoms with van der Waals surface area (Å²) in [5.41, 5.74) is 6.19. The number of nitrogens with one attached hydrogen (secondary N) is 1. The Labute approximate surface area is 117 Å². The van der Waals surface area contributed by atoms with Gasteiger partial charge in [-0.2, -0.15) is 0 Å². The summed E-state index contributed by atoms with van der Waals surface area (Å²) in [5, 5.41) is 11.6. The third-order valence-electron chi connectivity index (χ3n) is 3.80. The molecule has 2 rings (SSSR count). The van der Waals surface area contributed by atoms with Crippen LogP contribution in [0.3, 0.4) is 0 Å². The Morgan fingerprint density at radius 1 is 1.35 bits per heavy atom. The van der Waals surface area contributed by atoms with Crippen LogP contribution >= 0.6 is 0 Å². The third-order valence-corrected chi connectivity index (χ3v) is 3.80. The second-order valence-electron chi connectivity index (χ2n) is 5.11. The molecule has 0 aromatic carbocycles. The van der Waals surface area contributed by atoms with Crippen LogP contribution in [0, 0.1) is 11.8 Å². The number of carbonyl (C=O) groups excluding carboxylic acids is 1. The number of hydrogen-bond acceptors (Lipinski definition) is 4. The van der Waals surface area contributed by atoms with E-state index in [2.05, 4.69) is 10.3 Å². The molecule has 1 aromatic heterocycles. The quantitative estimate of drug-likeness (QED) is 0.773. The first-order chi connectivity index (χ1) is 9.61. The van der Waals surface area contributed by atoms with Crippen LogP contribution in [0.15, 0.2) is 18.3 Å². The third kappa shape index (κ3) is 3.33. The molecule has 6 heteroatoms. The van der Waals surface area contributed by atoms with Crippen molar-refractivity contribution < 1.29 is 14.7 Å². The van der Waals surface area contributed by atoms with Crippen LogP contribution in [0.4, 0.5) is 5.69 Å². The molecule has 0 radical (unpaired) electrons. The lowest BCUT2D eigenvalue weighted by molar-refractivity contribution is -0.122. The molecule has 6 nitrogen and oxygen atoms in total. The summed E-state index contributed by atoms with van der Waals surface area (Å²) in [6.45, 7) is 0.522. The highest BCUT2D eigenvalue weighted by atomic mass is 16.4. The standard InChI is InChI=1S/C14H19N3O3/c15-7-9-3-1-2-4-11(9)13(18)17-10-5-6-12(14(19)20)16-8-10/h5-6,8-9,11H,1-4,7,15H2,(H,17,18)(H,19,20). The van der Waals surface area contributed by atoms with Gasteiger partial charge in [0.15, 0.2) is 0 Å². The van der Waals surface area contributed by atoms with Gasteiger partial charge in [0.2, 0.25) is 5.91 Å². The fourth-order valence-electron chi connectivity index (χ4n) is 2.66. The van der Waals surface area contributed by atoms with Crippen LogP contribution < -0.4 is 11.1 Å². The van der Waals surface area contributed by atoms with E-state index in [1.165, 1.54) is 12.3 Å². The minimum atomic E-state index is -1.08. The number of nitrogens with two attached hydrogens (primary N) is 1. The molecule has 0 bridgehead atoms. The summed E-state index contributed by atoms with van der Waals surface area (Å²) in [4.78, 5) is 26.7. The second kappa shape index (κ2) is 6.47. The lowest BCUT2D eigenvalue weighted by Gasteiger charge is -2.29. The van der Waals surface area contributed by atoms with Crippen molar-refractivity contribution in [2.75, 3.05) is 11.9 Å². The molecule has 20 heavy (non-hydrogen) atoms. The summed E-state index contributed by atoms with van der Waals surface area (Å²) in [6, 6.07) is 2.92. The summed E-state index contributed by atoms with van der Waals surface area (Å²) in [5.74, 6) is -0.966. The van der Waals surface area contributed by atoms with Crippen molar-refractivity contribution in [1.82, 2.24) is 4.98 Å². The molecular weight excluding hydrogens is 258 g/mol. The maximum Gasteiger partial charge on any atom is 0.354 e. The number of pyridine rings is 1. The molecule has 108 valence electrons. The predicted octanol–water partition coefficient (Wildman–Crippen LogP) is 1.48. The SMILES string of the molecule is NCC1CCCCC1C(=O)Nc1ccc(C(=O)O)nc1. The number of carboxylic acid groups (broad SMARTS) is 1. The van der Waals surface area contributed by atoms with Gasteiger partial charge in [-0.15, -0.1) is 0 Å². The lowest BCUT2D eigenvalue weighted by atomic mass is 9.79. The fourth-order valence-corrected chi connectivity index (χ4v) is 2.66. The number of nitrogens with zero attached hydrogens (tertiary/aromatic N) is 1. The van der Waals surface area contributed by atoms with Gasteiger partial charge in [-0.25, -0.2) is 9.78 Å². The first-order valence-corrected chi connectivity index (χ1v) is 6.82. The van der Waals surface area contributed by atoms with E-state index in [1.54, 1.807) is 6.07 Å². The molecule has 1 aliphatic carbocycles. The Balaban J connectivity index is 2.01. The van der Waals surface area contributed by atoms with Crippen molar-refractivity contribution in [3.8, 4) is 0 Å². The number of amides is 1. The van der Waals surface area contributed by atoms with Gasteiger partial charge in [0.25, 0.3) is 0 Å². The van der Waals surface area contributed by atoms with Gasteiger partial charge in [0, 0.05) is 5.92 Å². The van der Waals surface area contributed by atoms with Crippen molar-refractivity contribution in [3.63, 3.8) is 0 Å². The van der Waals surface area contributed by atoms with E-state index in [-0.39, 0.29) is 23.4 Å². The number of carboxylic acids is 1. The van der Waals surface area contributed by atoms with Crippen molar-refractivity contribution in [1.29, 1.82) is 0 Å². The zero-order valence-electron chi connectivity index (χ0n) is 11.2. The molecule has 1 amide bonds. The zero-order valence-corrected chi connectivity index (χ0v) is 11.2. The molecule has 1 heterocycles. The van der Waals surface area contributed by atoms with E-state index in [0.717, 1.165) is 25.7 Å². The second-order valence-corrected chi connectivity index (χ2v) is 5.11. The van der Waals surface area contributed by atoms with Gasteiger partial charge in [-0.3, -0.25) is 4.79 Å². The minimum Gasteiger partial charge on any atom is -0.477 e. The van der Waals surface area contributed by atoms with Gasteiger partial charge < -0.3 is 16.2 Å². The predicted molar refractivity (Wildman–Crippen MR) is 74.3 cm³/mol. The number of aromatic carboxylic acids is 1. The molecule has 1 fully saturated rings.